The van der Waals surface area contributed by atoms with Crippen LogP contribution in [0.4, 0.5) is 175 Å². The van der Waals surface area contributed by atoms with E-state index in [1.165, 1.54) is 119 Å². The smallest absolute Gasteiger partial charge is 0.406 e. The predicted molar refractivity (Wildman–Crippen MR) is 414 cm³/mol. The van der Waals surface area contributed by atoms with Crippen LogP contribution >= 0.6 is 0 Å². The Morgan fingerprint density at radius 1 is 0.324 bits per heavy atom. The van der Waals surface area contributed by atoms with E-state index >= 15 is 0 Å². The van der Waals surface area contributed by atoms with E-state index in [2.05, 4.69) is 51.0 Å². The SMILES string of the molecule is FC(F)(F)C1CO1.FC(F)(F)Oc1cccc(-c2cccc3c2CCC(c2cccc(OC(F)(F)F)c2)N3)c1.O=[S-](=O)OC(F)(F)F.O=[S-](=O)OC(F)(F)F.O=[S-](=O)OC(F)(F)F.OC(CN1c2cccc(-c3cccc(OC(F)(F)F)c3)c2CCC1c1cccc(OC(F)(F)F)c1)C(F)(F)F.OC(CN1c2cccc(-c3cccc(OC(F)(F)F)c3)c2CCC1c1cccc(OC(F)(F)F)c1)C(F)(F)F.[Yb+3]. The summed E-state index contributed by atoms with van der Waals surface area (Å²) in [6.07, 6.45) is -63.9. The number of nitrogens with one attached hydrogen (secondary N) is 1. The number of anilines is 3. The Morgan fingerprint density at radius 3 is 0.831 bits per heavy atom. The summed E-state index contributed by atoms with van der Waals surface area (Å²) >= 11 is 0. The monoisotopic (exact) mass is 2320 g/mol. The molecule has 4 heterocycles. The molecule has 0 spiro atoms. The molecular weight excluding hydrogens is 2260 g/mol. The Balaban J connectivity index is 0.000000282. The quantitative estimate of drug-likeness (QED) is 0.0386. The first kappa shape index (κ1) is 120. The second-order valence-corrected chi connectivity index (χ2v) is 30.1. The van der Waals surface area contributed by atoms with Crippen molar-refractivity contribution < 1.29 is 286 Å². The van der Waals surface area contributed by atoms with Crippen molar-refractivity contribution in [2.24, 2.45) is 0 Å². The molecule has 0 aromatic heterocycles. The zero-order chi connectivity index (χ0) is 106. The summed E-state index contributed by atoms with van der Waals surface area (Å²) in [5.41, 5.74) is 7.07. The molecule has 142 heavy (non-hydrogen) atoms. The first-order valence-corrected chi connectivity index (χ1v) is 41.2. The second kappa shape index (κ2) is 49.6. The number of ether oxygens (including phenoxy) is 7. The molecule has 1 radical (unpaired) electrons. The number of hydrogen-bond acceptors (Lipinski definition) is 24. The zero-order valence-electron chi connectivity index (χ0n) is 69.3. The standard InChI is InChI=1S/2C26H20F9NO3.C23H17F6NO2.C3H3F3O.3CF3O3S.Yb/c2*27-24(28,29)23(37)14-36-21(16-5-2-7-18(13-16)39-26(33,34)35)11-10-20-19(8-3-9-22(20)36)15-4-1-6-17(12-15)38-25(30,31)32;24-22(25,26)31-16-6-1-4-14(12-16)18-8-3-9-21-19(18)10-11-20(30-21)15-5-2-7-17(13-15)32-23(27,28)29;4-3(5,6)2-1-7-2;3*2-1(3,4)7-8(5)6;/h2*1-9,12-13,21,23,37H,10-11,14H2;1-9,12-13,20,30H,10-11H2;2H,1H2;;;;/q;;;;3*-1;+3. The van der Waals surface area contributed by atoms with E-state index in [9.17, 15) is 168 Å². The first-order valence-electron chi connectivity index (χ1n) is 38.2. The van der Waals surface area contributed by atoms with Gasteiger partial charge < -0.3 is 96.3 Å². The molecule has 791 valence electrons. The molecule has 13 rings (SSSR count). The maximum Gasteiger partial charge on any atom is 3.00 e. The fourth-order valence-corrected chi connectivity index (χ4v) is 14.0. The van der Waals surface area contributed by atoms with Gasteiger partial charge in [-0.05, 0) is 196 Å². The largest absolute Gasteiger partial charge is 3.00 e. The van der Waals surface area contributed by atoms with Crippen molar-refractivity contribution >= 4 is 50.0 Å². The molecule has 9 aromatic rings. The molecule has 3 N–H and O–H groups in total. The number of hydrogen-bond donors (Lipinski definition) is 3. The van der Waals surface area contributed by atoms with Crippen LogP contribution in [0.15, 0.2) is 200 Å². The Morgan fingerprint density at radius 2 is 0.577 bits per heavy atom. The minimum atomic E-state index is -5.09. The van der Waals surface area contributed by atoms with Crippen LogP contribution in [0.3, 0.4) is 0 Å². The fraction of sp³-hybridized carbons (Fsp3) is 0.333. The van der Waals surface area contributed by atoms with E-state index in [4.69, 9.17) is 25.3 Å². The number of fused-ring (bicyclic) bond motifs is 3. The van der Waals surface area contributed by atoms with E-state index in [1.54, 1.807) is 30.3 Å². The molecular formula is C81H60F36N3O18S3Yb. The number of aliphatic hydroxyl groups excluding tert-OH is 2. The van der Waals surface area contributed by atoms with E-state index in [1.807, 2.05) is 12.1 Å². The minimum Gasteiger partial charge on any atom is -0.406 e. The van der Waals surface area contributed by atoms with Crippen molar-refractivity contribution in [1.29, 1.82) is 0 Å². The summed E-state index contributed by atoms with van der Waals surface area (Å²) in [7, 11) is -10.5. The van der Waals surface area contributed by atoms with Crippen LogP contribution in [0, 0.1) is 46.9 Å². The van der Waals surface area contributed by atoms with Crippen molar-refractivity contribution in [3.8, 4) is 67.9 Å². The fourth-order valence-electron chi connectivity index (χ4n) is 13.6. The summed E-state index contributed by atoms with van der Waals surface area (Å²) in [5, 5.41) is 23.1. The molecule has 6 unspecified atom stereocenters. The van der Waals surface area contributed by atoms with Crippen molar-refractivity contribution in [3.05, 3.63) is 234 Å². The van der Waals surface area contributed by atoms with Crippen molar-refractivity contribution in [2.75, 3.05) is 34.8 Å². The minimum absolute atomic E-state index is 0. The average Bonchev–Trinajstić information content (AvgIpc) is 1.07. The van der Waals surface area contributed by atoms with Crippen molar-refractivity contribution in [2.45, 2.75) is 151 Å². The molecule has 0 aliphatic carbocycles. The molecule has 9 aromatic carbocycles. The molecule has 1 fully saturated rings. The van der Waals surface area contributed by atoms with Crippen LogP contribution in [-0.4, -0.2) is 124 Å². The molecule has 6 atom stereocenters. The Labute approximate surface area is 818 Å². The molecule has 61 heteroatoms. The molecule has 4 aliphatic heterocycles. The summed E-state index contributed by atoms with van der Waals surface area (Å²) in [6, 6.07) is 43.9. The maximum atomic E-state index is 13.4. The number of halogens is 36. The number of nitrogens with zero attached hydrogens (tertiary/aromatic N) is 2. The van der Waals surface area contributed by atoms with Crippen molar-refractivity contribution in [3.63, 3.8) is 0 Å². The first-order chi connectivity index (χ1) is 64.6. The summed E-state index contributed by atoms with van der Waals surface area (Å²) in [4.78, 5) is 2.48. The van der Waals surface area contributed by atoms with Crippen LogP contribution in [0.5, 0.6) is 34.5 Å². The van der Waals surface area contributed by atoms with Crippen LogP contribution in [-0.2, 0) is 94.8 Å². The molecule has 0 bridgehead atoms. The van der Waals surface area contributed by atoms with Gasteiger partial charge in [0.25, 0.3) is 0 Å². The summed E-state index contributed by atoms with van der Waals surface area (Å²) in [6.45, 7) is -2.03. The summed E-state index contributed by atoms with van der Waals surface area (Å²) < 4.78 is 527. The third-order valence-corrected chi connectivity index (χ3v) is 19.4. The third-order valence-electron chi connectivity index (χ3n) is 18.5. The van der Waals surface area contributed by atoms with Gasteiger partial charge in [-0.2, -0.15) is 39.5 Å². The normalized spacial score (nSPS) is 16.6. The Hall–Kier alpha value is -10.2. The second-order valence-electron chi connectivity index (χ2n) is 28.4. The third kappa shape index (κ3) is 42.6. The maximum absolute atomic E-state index is 13.4. The molecule has 1 saturated heterocycles. The van der Waals surface area contributed by atoms with Gasteiger partial charge in [-0.3, -0.25) is 0 Å². The Bertz CT molecular complexity index is 5560. The Kier molecular flexibility index (Phi) is 42.1. The number of epoxide rings is 1. The van der Waals surface area contributed by atoms with Gasteiger partial charge in [-0.1, -0.05) is 109 Å². The van der Waals surface area contributed by atoms with Crippen LogP contribution in [0.1, 0.15) is 70.8 Å². The van der Waals surface area contributed by atoms with Crippen LogP contribution in [0.2, 0.25) is 0 Å². The van der Waals surface area contributed by atoms with E-state index in [-0.39, 0.29) is 119 Å². The number of aliphatic hydroxyl groups is 2. The van der Waals surface area contributed by atoms with E-state index < -0.39 is 175 Å². The summed E-state index contributed by atoms with van der Waals surface area (Å²) in [5.74, 6) is -2.70. The zero-order valence-corrected chi connectivity index (χ0v) is 73.5. The van der Waals surface area contributed by atoms with Gasteiger partial charge in [0.15, 0.2) is 18.3 Å². The van der Waals surface area contributed by atoms with Crippen molar-refractivity contribution in [1.82, 2.24) is 0 Å². The number of benzene rings is 9. The van der Waals surface area contributed by atoms with E-state index in [0.717, 1.165) is 65.3 Å². The van der Waals surface area contributed by atoms with Gasteiger partial charge in [0.1, 0.15) is 34.5 Å². The number of alkyl halides is 36. The number of rotatable bonds is 19. The number of β-amino-alcohol motifs (C(OH)–C–C–N with tert-alkyl or cyclic N) is 2. The van der Waals surface area contributed by atoms with Crippen LogP contribution in [0.25, 0.3) is 33.4 Å². The van der Waals surface area contributed by atoms with Gasteiger partial charge in [0.2, 0.25) is 0 Å². The molecule has 21 nitrogen and oxygen atoms in total. The predicted octanol–water partition coefficient (Wildman–Crippen LogP) is 25.6. The van der Waals surface area contributed by atoms with Gasteiger partial charge in [0.05, 0.1) is 70.8 Å². The molecule has 0 amide bonds. The van der Waals surface area contributed by atoms with E-state index in [0.29, 0.717) is 57.3 Å². The van der Waals surface area contributed by atoms with Gasteiger partial charge in [-0.25, -0.2) is 0 Å². The van der Waals surface area contributed by atoms with Gasteiger partial charge in [0, 0.05) is 17.1 Å². The molecule has 4 aliphatic rings. The van der Waals surface area contributed by atoms with Gasteiger partial charge >= 0.3 is 123 Å². The topological polar surface area (TPSA) is 257 Å². The van der Waals surface area contributed by atoms with Crippen LogP contribution < -0.4 is 43.5 Å². The molecule has 0 saturated carbocycles. The van der Waals surface area contributed by atoms with Gasteiger partial charge in [-0.15, -0.1) is 119 Å². The average molecular weight is 2320 g/mol.